The zero-order chi connectivity index (χ0) is 17.7. The topological polar surface area (TPSA) is 41.1 Å². The second-order valence-corrected chi connectivity index (χ2v) is 5.26. The number of urea groups is 1. The maximum atomic E-state index is 13.4. The molecule has 0 heterocycles. The van der Waals surface area contributed by atoms with E-state index >= 15 is 0 Å². The number of amides is 2. The van der Waals surface area contributed by atoms with E-state index in [0.29, 0.717) is 11.1 Å². The van der Waals surface area contributed by atoms with Gasteiger partial charge in [-0.3, -0.25) is 0 Å². The summed E-state index contributed by atoms with van der Waals surface area (Å²) in [5, 5.41) is 5.00. The van der Waals surface area contributed by atoms with Gasteiger partial charge in [-0.1, -0.05) is 30.3 Å². The minimum absolute atomic E-state index is 0.0200. The summed E-state index contributed by atoms with van der Waals surface area (Å²) in [6.45, 7) is 1.55. The molecule has 1 unspecified atom stereocenters. The first-order chi connectivity index (χ1) is 11.3. The van der Waals surface area contributed by atoms with Crippen LogP contribution in [0.25, 0.3) is 0 Å². The molecule has 2 rings (SSSR count). The number of hydrogen-bond acceptors (Lipinski definition) is 1. The highest BCUT2D eigenvalue weighted by atomic mass is 19.4. The molecule has 0 saturated carbocycles. The molecule has 2 aromatic carbocycles. The Labute approximate surface area is 136 Å². The molecule has 3 nitrogen and oxygen atoms in total. The third-order valence-corrected chi connectivity index (χ3v) is 3.46. The van der Waals surface area contributed by atoms with Crippen LogP contribution in [0.4, 0.5) is 22.4 Å². The highest BCUT2D eigenvalue weighted by Crippen LogP contribution is 2.30. The zero-order valence-electron chi connectivity index (χ0n) is 12.8. The summed E-state index contributed by atoms with van der Waals surface area (Å²) in [7, 11) is 0. The third kappa shape index (κ3) is 4.71. The Morgan fingerprint density at radius 1 is 1.12 bits per heavy atom. The minimum atomic E-state index is -4.44. The zero-order valence-corrected chi connectivity index (χ0v) is 12.8. The highest BCUT2D eigenvalue weighted by Gasteiger charge is 2.30. The summed E-state index contributed by atoms with van der Waals surface area (Å²) in [6.07, 6.45) is -4.44. The van der Waals surface area contributed by atoms with Gasteiger partial charge >= 0.3 is 12.2 Å². The van der Waals surface area contributed by atoms with Gasteiger partial charge in [-0.05, 0) is 30.7 Å². The second kappa shape index (κ2) is 7.33. The van der Waals surface area contributed by atoms with Gasteiger partial charge in [0, 0.05) is 12.1 Å². The van der Waals surface area contributed by atoms with E-state index in [9.17, 15) is 22.4 Å². The standard InChI is InChI=1S/C17H16F4N2O/c1-11(12-6-4-7-14(9-12)17(19,20)21)23-16(24)22-10-13-5-2-3-8-15(13)18/h2-9,11H,10H2,1H3,(H2,22,23,24). The number of benzene rings is 2. The Balaban J connectivity index is 1.95. The van der Waals surface area contributed by atoms with Crippen molar-refractivity contribution in [1.29, 1.82) is 0 Å². The van der Waals surface area contributed by atoms with Gasteiger partial charge in [-0.2, -0.15) is 13.2 Å². The molecule has 0 aliphatic rings. The minimum Gasteiger partial charge on any atom is -0.334 e. The monoisotopic (exact) mass is 340 g/mol. The molecular formula is C17H16F4N2O. The molecule has 24 heavy (non-hydrogen) atoms. The van der Waals surface area contributed by atoms with Crippen molar-refractivity contribution in [3.8, 4) is 0 Å². The first-order valence-corrected chi connectivity index (χ1v) is 7.22. The van der Waals surface area contributed by atoms with Gasteiger partial charge in [0.2, 0.25) is 0 Å². The van der Waals surface area contributed by atoms with E-state index < -0.39 is 29.6 Å². The SMILES string of the molecule is CC(NC(=O)NCc1ccccc1F)c1cccc(C(F)(F)F)c1. The lowest BCUT2D eigenvalue weighted by Crippen LogP contribution is -2.36. The Bertz CT molecular complexity index is 716. The summed E-state index contributed by atoms with van der Waals surface area (Å²) in [5.41, 5.74) is -0.134. The summed E-state index contributed by atoms with van der Waals surface area (Å²) in [4.78, 5) is 11.8. The number of carbonyl (C=O) groups is 1. The molecule has 1 atom stereocenters. The van der Waals surface area contributed by atoms with E-state index in [1.165, 1.54) is 30.3 Å². The van der Waals surface area contributed by atoms with Crippen LogP contribution in [0.15, 0.2) is 48.5 Å². The van der Waals surface area contributed by atoms with Crippen molar-refractivity contribution in [2.24, 2.45) is 0 Å². The Hall–Kier alpha value is -2.57. The fraction of sp³-hybridized carbons (Fsp3) is 0.235. The first kappa shape index (κ1) is 17.8. The van der Waals surface area contributed by atoms with Gasteiger partial charge in [0.25, 0.3) is 0 Å². The lowest BCUT2D eigenvalue weighted by atomic mass is 10.1. The first-order valence-electron chi connectivity index (χ1n) is 7.22. The lowest BCUT2D eigenvalue weighted by molar-refractivity contribution is -0.137. The van der Waals surface area contributed by atoms with Crippen LogP contribution < -0.4 is 10.6 Å². The van der Waals surface area contributed by atoms with E-state index in [1.807, 2.05) is 0 Å². The molecule has 0 radical (unpaired) electrons. The van der Waals surface area contributed by atoms with Gasteiger partial charge in [-0.25, -0.2) is 9.18 Å². The maximum Gasteiger partial charge on any atom is 0.416 e. The average molecular weight is 340 g/mol. The molecule has 2 aromatic rings. The summed E-state index contributed by atoms with van der Waals surface area (Å²) in [6, 6.07) is 9.50. The molecular weight excluding hydrogens is 324 g/mol. The Kier molecular flexibility index (Phi) is 5.43. The molecule has 0 bridgehead atoms. The van der Waals surface area contributed by atoms with Gasteiger partial charge in [0.1, 0.15) is 5.82 Å². The molecule has 0 aliphatic carbocycles. The fourth-order valence-corrected chi connectivity index (χ4v) is 2.13. The van der Waals surface area contributed by atoms with Crippen molar-refractivity contribution in [2.75, 3.05) is 0 Å². The molecule has 0 aliphatic heterocycles. The fourth-order valence-electron chi connectivity index (χ4n) is 2.13. The van der Waals surface area contributed by atoms with E-state index in [1.54, 1.807) is 13.0 Å². The van der Waals surface area contributed by atoms with Crippen molar-refractivity contribution in [3.63, 3.8) is 0 Å². The van der Waals surface area contributed by atoms with Crippen LogP contribution in [0, 0.1) is 5.82 Å². The van der Waals surface area contributed by atoms with Crippen LogP contribution in [-0.2, 0) is 12.7 Å². The van der Waals surface area contributed by atoms with E-state index in [0.717, 1.165) is 12.1 Å². The molecule has 7 heteroatoms. The number of nitrogens with one attached hydrogen (secondary N) is 2. The number of alkyl halides is 3. The molecule has 0 aromatic heterocycles. The summed E-state index contributed by atoms with van der Waals surface area (Å²) < 4.78 is 51.6. The second-order valence-electron chi connectivity index (χ2n) is 5.26. The molecule has 0 fully saturated rings. The summed E-state index contributed by atoms with van der Waals surface area (Å²) >= 11 is 0. The van der Waals surface area contributed by atoms with Crippen LogP contribution in [0.2, 0.25) is 0 Å². The van der Waals surface area contributed by atoms with Gasteiger partial charge in [-0.15, -0.1) is 0 Å². The van der Waals surface area contributed by atoms with Gasteiger partial charge < -0.3 is 10.6 Å². The lowest BCUT2D eigenvalue weighted by Gasteiger charge is -2.17. The number of rotatable bonds is 4. The number of hydrogen-bond donors (Lipinski definition) is 2. The maximum absolute atomic E-state index is 13.4. The van der Waals surface area contributed by atoms with Crippen molar-refractivity contribution in [2.45, 2.75) is 25.7 Å². The average Bonchev–Trinajstić information content (AvgIpc) is 2.53. The summed E-state index contributed by atoms with van der Waals surface area (Å²) in [5.74, 6) is -0.441. The quantitative estimate of drug-likeness (QED) is 0.796. The van der Waals surface area contributed by atoms with Crippen LogP contribution >= 0.6 is 0 Å². The van der Waals surface area contributed by atoms with Crippen molar-refractivity contribution >= 4 is 6.03 Å². The predicted octanol–water partition coefficient (Wildman–Crippen LogP) is 4.40. The van der Waals surface area contributed by atoms with E-state index in [2.05, 4.69) is 10.6 Å². The molecule has 0 spiro atoms. The van der Waals surface area contributed by atoms with Gasteiger partial charge in [0.05, 0.1) is 11.6 Å². The van der Waals surface area contributed by atoms with E-state index in [-0.39, 0.29) is 6.54 Å². The van der Waals surface area contributed by atoms with Crippen LogP contribution in [-0.4, -0.2) is 6.03 Å². The highest BCUT2D eigenvalue weighted by molar-refractivity contribution is 5.74. The largest absolute Gasteiger partial charge is 0.416 e. The Morgan fingerprint density at radius 3 is 2.50 bits per heavy atom. The third-order valence-electron chi connectivity index (χ3n) is 3.46. The number of carbonyl (C=O) groups excluding carboxylic acids is 1. The molecule has 2 N–H and O–H groups in total. The van der Waals surface area contributed by atoms with Crippen LogP contribution in [0.5, 0.6) is 0 Å². The predicted molar refractivity (Wildman–Crippen MR) is 81.6 cm³/mol. The van der Waals surface area contributed by atoms with Crippen molar-refractivity contribution in [3.05, 3.63) is 71.0 Å². The normalized spacial score (nSPS) is 12.5. The van der Waals surface area contributed by atoms with Crippen LogP contribution in [0.1, 0.15) is 29.7 Å². The molecule has 0 saturated heterocycles. The smallest absolute Gasteiger partial charge is 0.334 e. The van der Waals surface area contributed by atoms with Gasteiger partial charge in [0.15, 0.2) is 0 Å². The van der Waals surface area contributed by atoms with Crippen molar-refractivity contribution < 1.29 is 22.4 Å². The van der Waals surface area contributed by atoms with E-state index in [4.69, 9.17) is 0 Å². The Morgan fingerprint density at radius 2 is 1.83 bits per heavy atom. The molecule has 128 valence electrons. The van der Waals surface area contributed by atoms with Crippen molar-refractivity contribution in [1.82, 2.24) is 10.6 Å². The number of halogens is 4. The molecule has 2 amide bonds. The van der Waals surface area contributed by atoms with Crippen LogP contribution in [0.3, 0.4) is 0 Å².